The Morgan fingerprint density at radius 2 is 2.05 bits per heavy atom. The molecule has 0 saturated carbocycles. The minimum absolute atomic E-state index is 0.248. The van der Waals surface area contributed by atoms with Gasteiger partial charge in [-0.3, -0.25) is 10.1 Å². The van der Waals surface area contributed by atoms with Crippen LogP contribution in [-0.4, -0.2) is 19.0 Å². The molecule has 0 saturated heterocycles. The molecule has 0 unspecified atom stereocenters. The molecule has 0 aliphatic carbocycles. The van der Waals surface area contributed by atoms with Crippen LogP contribution in [0.2, 0.25) is 0 Å². The Bertz CT molecular complexity index is 583. The summed E-state index contributed by atoms with van der Waals surface area (Å²) in [5.74, 6) is -0.706. The minimum atomic E-state index is -0.458. The molecule has 94 valence electrons. The Balaban J connectivity index is 2.42. The predicted octanol–water partition coefficient (Wildman–Crippen LogP) is 1.62. The van der Waals surface area contributed by atoms with E-state index >= 15 is 0 Å². The first-order chi connectivity index (χ1) is 9.20. The van der Waals surface area contributed by atoms with Gasteiger partial charge in [0.25, 0.3) is 0 Å². The summed E-state index contributed by atoms with van der Waals surface area (Å²) in [5.41, 5.74) is 1.63. The van der Waals surface area contributed by atoms with Gasteiger partial charge in [0.2, 0.25) is 0 Å². The van der Waals surface area contributed by atoms with Gasteiger partial charge < -0.3 is 4.74 Å². The van der Waals surface area contributed by atoms with Crippen molar-refractivity contribution in [2.24, 2.45) is 0 Å². The molecule has 0 fully saturated rings. The molecule has 1 aliphatic rings. The Morgan fingerprint density at radius 1 is 1.32 bits per heavy atom. The number of rotatable bonds is 3. The van der Waals surface area contributed by atoms with E-state index in [-0.39, 0.29) is 5.91 Å². The number of hydrogen-bond acceptors (Lipinski definition) is 3. The predicted molar refractivity (Wildman–Crippen MR) is 70.5 cm³/mol. The molecule has 4 nitrogen and oxygen atoms in total. The number of benzene rings is 1. The molecule has 1 amide bonds. The van der Waals surface area contributed by atoms with Crippen molar-refractivity contribution >= 4 is 17.4 Å². The van der Waals surface area contributed by atoms with Crippen LogP contribution < -0.4 is 5.32 Å². The number of dihydropyridines is 1. The van der Waals surface area contributed by atoms with Crippen LogP contribution in [-0.2, 0) is 14.3 Å². The lowest BCUT2D eigenvalue weighted by molar-refractivity contribution is -0.133. The van der Waals surface area contributed by atoms with E-state index in [0.717, 1.165) is 5.56 Å². The van der Waals surface area contributed by atoms with E-state index < -0.39 is 5.97 Å². The molecule has 1 aromatic rings. The highest BCUT2D eigenvalue weighted by molar-refractivity contribution is 6.17. The molecule has 0 atom stereocenters. The Morgan fingerprint density at radius 3 is 2.68 bits per heavy atom. The topological polar surface area (TPSA) is 55.4 Å². The molecule has 2 rings (SSSR count). The molecule has 0 radical (unpaired) electrons. The summed E-state index contributed by atoms with van der Waals surface area (Å²) in [4.78, 5) is 23.0. The lowest BCUT2D eigenvalue weighted by Gasteiger charge is -2.03. The summed E-state index contributed by atoms with van der Waals surface area (Å²) >= 11 is 0. The Labute approximate surface area is 111 Å². The van der Waals surface area contributed by atoms with Crippen molar-refractivity contribution < 1.29 is 14.3 Å². The van der Waals surface area contributed by atoms with Crippen molar-refractivity contribution in [2.75, 3.05) is 7.11 Å². The van der Waals surface area contributed by atoms with Gasteiger partial charge in [-0.1, -0.05) is 30.3 Å². The number of methoxy groups -OCH3 is 1. The second-order valence-corrected chi connectivity index (χ2v) is 3.81. The van der Waals surface area contributed by atoms with Crippen molar-refractivity contribution in [3.05, 3.63) is 65.9 Å². The molecule has 1 heterocycles. The number of carbonyl (C=O) groups excluding carboxylic acids is 2. The SMILES string of the molecule is COC(=O)/C(=C/C1=CC(=O)NC=[C+]1)c1ccccc1. The van der Waals surface area contributed by atoms with Crippen LogP contribution >= 0.6 is 0 Å². The standard InChI is InChI=1S/C15H11NO3/c1-19-15(18)13(12-5-3-2-4-6-12)9-11-7-8-16-14(17)10-11/h2-6,8-10H,1H3/p+1/b13-9+. The summed E-state index contributed by atoms with van der Waals surface area (Å²) in [5, 5.41) is 2.47. The highest BCUT2D eigenvalue weighted by Crippen LogP contribution is 2.18. The number of hydrogen-bond donors (Lipinski definition) is 1. The van der Waals surface area contributed by atoms with Gasteiger partial charge >= 0.3 is 11.9 Å². The van der Waals surface area contributed by atoms with Crippen LogP contribution in [0.15, 0.2) is 54.3 Å². The molecule has 0 aromatic heterocycles. The molecule has 19 heavy (non-hydrogen) atoms. The average molecular weight is 254 g/mol. The van der Waals surface area contributed by atoms with Gasteiger partial charge in [0.15, 0.2) is 5.57 Å². The fraction of sp³-hybridized carbons (Fsp3) is 0.0667. The molecule has 1 aliphatic heterocycles. The summed E-state index contributed by atoms with van der Waals surface area (Å²) in [6.45, 7) is 0. The van der Waals surface area contributed by atoms with Gasteiger partial charge in [0, 0.05) is 5.56 Å². The smallest absolute Gasteiger partial charge is 0.352 e. The van der Waals surface area contributed by atoms with E-state index in [1.54, 1.807) is 18.2 Å². The summed E-state index contributed by atoms with van der Waals surface area (Å²) in [6, 6.07) is 9.12. The summed E-state index contributed by atoms with van der Waals surface area (Å²) in [6.07, 6.45) is 7.21. The maximum absolute atomic E-state index is 11.8. The normalized spacial score (nSPS) is 14.3. The Hall–Kier alpha value is -2.71. The molecule has 0 bridgehead atoms. The van der Waals surface area contributed by atoms with Crippen LogP contribution in [0.4, 0.5) is 0 Å². The molecule has 0 spiro atoms. The van der Waals surface area contributed by atoms with Crippen LogP contribution in [0.5, 0.6) is 0 Å². The van der Waals surface area contributed by atoms with Gasteiger partial charge in [0.1, 0.15) is 17.8 Å². The van der Waals surface area contributed by atoms with Crippen LogP contribution in [0.1, 0.15) is 5.56 Å². The molecule has 1 aromatic carbocycles. The summed E-state index contributed by atoms with van der Waals surface area (Å²) in [7, 11) is 1.32. The van der Waals surface area contributed by atoms with Crippen molar-refractivity contribution in [3.8, 4) is 0 Å². The zero-order chi connectivity index (χ0) is 13.7. The monoisotopic (exact) mass is 254 g/mol. The van der Waals surface area contributed by atoms with Crippen molar-refractivity contribution in [1.82, 2.24) is 5.32 Å². The summed E-state index contributed by atoms with van der Waals surface area (Å²) < 4.78 is 4.76. The highest BCUT2D eigenvalue weighted by Gasteiger charge is 2.19. The first-order valence-electron chi connectivity index (χ1n) is 5.66. The number of carbonyl (C=O) groups is 2. The van der Waals surface area contributed by atoms with Gasteiger partial charge in [-0.15, -0.1) is 0 Å². The number of amides is 1. The van der Waals surface area contributed by atoms with Gasteiger partial charge in [0.05, 0.1) is 19.3 Å². The fourth-order valence-electron chi connectivity index (χ4n) is 1.64. The average Bonchev–Trinajstić information content (AvgIpc) is 2.45. The third kappa shape index (κ3) is 3.15. The maximum atomic E-state index is 11.8. The zero-order valence-corrected chi connectivity index (χ0v) is 10.3. The highest BCUT2D eigenvalue weighted by atomic mass is 16.5. The number of nitrogens with one attached hydrogen (secondary N) is 1. The molecular formula is C15H12NO3+. The van der Waals surface area contributed by atoms with E-state index in [1.165, 1.54) is 19.4 Å². The second-order valence-electron chi connectivity index (χ2n) is 3.81. The number of ether oxygens (including phenoxy) is 1. The van der Waals surface area contributed by atoms with Crippen molar-refractivity contribution in [1.29, 1.82) is 0 Å². The van der Waals surface area contributed by atoms with Gasteiger partial charge in [-0.25, -0.2) is 4.79 Å². The third-order valence-corrected chi connectivity index (χ3v) is 2.53. The van der Waals surface area contributed by atoms with Crippen molar-refractivity contribution in [2.45, 2.75) is 0 Å². The van der Waals surface area contributed by atoms with Gasteiger partial charge in [-0.2, -0.15) is 0 Å². The quantitative estimate of drug-likeness (QED) is 0.506. The lowest BCUT2D eigenvalue weighted by Crippen LogP contribution is -2.17. The van der Waals surface area contributed by atoms with E-state index in [1.807, 2.05) is 18.2 Å². The zero-order valence-electron chi connectivity index (χ0n) is 10.3. The third-order valence-electron chi connectivity index (χ3n) is 2.53. The Kier molecular flexibility index (Phi) is 3.86. The van der Waals surface area contributed by atoms with Crippen molar-refractivity contribution in [3.63, 3.8) is 0 Å². The van der Waals surface area contributed by atoms with E-state index in [2.05, 4.69) is 11.4 Å². The van der Waals surface area contributed by atoms with Gasteiger partial charge in [-0.05, 0) is 0 Å². The molecule has 1 N–H and O–H groups in total. The van der Waals surface area contributed by atoms with Crippen LogP contribution in [0, 0.1) is 6.08 Å². The largest absolute Gasteiger partial charge is 0.465 e. The molecule has 4 heteroatoms. The van der Waals surface area contributed by atoms with Crippen LogP contribution in [0.25, 0.3) is 5.57 Å². The number of esters is 1. The lowest BCUT2D eigenvalue weighted by atomic mass is 10.0. The van der Waals surface area contributed by atoms with Crippen LogP contribution in [0.3, 0.4) is 0 Å². The number of allylic oxidation sites excluding steroid dienone is 3. The maximum Gasteiger partial charge on any atom is 0.352 e. The second kappa shape index (κ2) is 5.76. The van der Waals surface area contributed by atoms with E-state index in [0.29, 0.717) is 11.1 Å². The van der Waals surface area contributed by atoms with E-state index in [4.69, 9.17) is 4.74 Å². The first kappa shape index (κ1) is 12.7. The first-order valence-corrected chi connectivity index (χ1v) is 5.66. The fourth-order valence-corrected chi connectivity index (χ4v) is 1.64. The minimum Gasteiger partial charge on any atom is -0.465 e. The van der Waals surface area contributed by atoms with E-state index in [9.17, 15) is 9.59 Å². The molecular weight excluding hydrogens is 242 g/mol.